The molecule has 0 fully saturated rings. The van der Waals surface area contributed by atoms with Crippen LogP contribution in [0.5, 0.6) is 0 Å². The summed E-state index contributed by atoms with van der Waals surface area (Å²) >= 11 is 0. The Kier molecular flexibility index (Phi) is 3.88. The van der Waals surface area contributed by atoms with Gasteiger partial charge in [-0.05, 0) is 20.3 Å². The van der Waals surface area contributed by atoms with Crippen molar-refractivity contribution in [3.8, 4) is 0 Å². The summed E-state index contributed by atoms with van der Waals surface area (Å²) in [5.74, 6) is 0. The first-order valence-corrected chi connectivity index (χ1v) is 5.36. The summed E-state index contributed by atoms with van der Waals surface area (Å²) in [6, 6.07) is 0. The Morgan fingerprint density at radius 3 is 2.73 bits per heavy atom. The van der Waals surface area contributed by atoms with E-state index in [2.05, 4.69) is 17.3 Å². The maximum absolute atomic E-state index is 9.12. The van der Waals surface area contributed by atoms with Crippen LogP contribution in [0.2, 0.25) is 0 Å². The van der Waals surface area contributed by atoms with E-state index in [1.807, 2.05) is 31.8 Å². The minimum Gasteiger partial charge on any atom is -0.394 e. The van der Waals surface area contributed by atoms with E-state index in [1.165, 1.54) is 5.56 Å². The highest BCUT2D eigenvalue weighted by atomic mass is 16.3. The highest BCUT2D eigenvalue weighted by Crippen LogP contribution is 2.09. The van der Waals surface area contributed by atoms with Gasteiger partial charge in [0.15, 0.2) is 0 Å². The van der Waals surface area contributed by atoms with E-state index < -0.39 is 0 Å². The van der Waals surface area contributed by atoms with Crippen LogP contribution in [-0.2, 0) is 20.0 Å². The first-order valence-electron chi connectivity index (χ1n) is 5.36. The standard InChI is InChI=1S/C11H21N3O/c1-5-10-9(7-14(4)13-10)6-12-11(2,3)8-15/h7,12,15H,5-6,8H2,1-4H3. The minimum atomic E-state index is -0.235. The van der Waals surface area contributed by atoms with Crippen LogP contribution in [0, 0.1) is 0 Å². The van der Waals surface area contributed by atoms with Gasteiger partial charge in [-0.25, -0.2) is 0 Å². The number of hydrogen-bond acceptors (Lipinski definition) is 3. The Labute approximate surface area is 91.3 Å². The molecule has 86 valence electrons. The predicted molar refractivity (Wildman–Crippen MR) is 60.6 cm³/mol. The van der Waals surface area contributed by atoms with Crippen molar-refractivity contribution in [1.82, 2.24) is 15.1 Å². The predicted octanol–water partition coefficient (Wildman–Crippen LogP) is 0.843. The van der Waals surface area contributed by atoms with Crippen molar-refractivity contribution in [3.63, 3.8) is 0 Å². The van der Waals surface area contributed by atoms with Crippen LogP contribution in [-0.4, -0.2) is 27.0 Å². The van der Waals surface area contributed by atoms with E-state index >= 15 is 0 Å². The molecule has 0 amide bonds. The van der Waals surface area contributed by atoms with Gasteiger partial charge in [0, 0.05) is 30.9 Å². The molecule has 0 aliphatic carbocycles. The van der Waals surface area contributed by atoms with E-state index in [0.29, 0.717) is 0 Å². The highest BCUT2D eigenvalue weighted by molar-refractivity contribution is 5.17. The van der Waals surface area contributed by atoms with Crippen molar-refractivity contribution in [2.24, 2.45) is 7.05 Å². The zero-order valence-corrected chi connectivity index (χ0v) is 10.0. The second-order valence-electron chi connectivity index (χ2n) is 4.52. The lowest BCUT2D eigenvalue weighted by Gasteiger charge is -2.23. The molecule has 0 unspecified atom stereocenters. The summed E-state index contributed by atoms with van der Waals surface area (Å²) in [5.41, 5.74) is 2.10. The molecule has 0 aromatic carbocycles. The summed E-state index contributed by atoms with van der Waals surface area (Å²) in [7, 11) is 1.93. The Morgan fingerprint density at radius 1 is 1.53 bits per heavy atom. The molecule has 1 heterocycles. The fourth-order valence-corrected chi connectivity index (χ4v) is 1.42. The van der Waals surface area contributed by atoms with E-state index in [1.54, 1.807) is 0 Å². The molecule has 1 aromatic heterocycles. The first kappa shape index (κ1) is 12.2. The molecule has 0 bridgehead atoms. The number of aromatic nitrogens is 2. The number of aliphatic hydroxyl groups is 1. The molecule has 4 heteroatoms. The average molecular weight is 211 g/mol. The van der Waals surface area contributed by atoms with Gasteiger partial charge in [0.1, 0.15) is 0 Å². The van der Waals surface area contributed by atoms with Gasteiger partial charge in [-0.15, -0.1) is 0 Å². The maximum atomic E-state index is 9.12. The highest BCUT2D eigenvalue weighted by Gasteiger charge is 2.16. The van der Waals surface area contributed by atoms with Gasteiger partial charge in [0.2, 0.25) is 0 Å². The number of nitrogens with zero attached hydrogens (tertiary/aromatic N) is 2. The summed E-state index contributed by atoms with van der Waals surface area (Å²) < 4.78 is 1.84. The third-order valence-electron chi connectivity index (χ3n) is 2.48. The summed E-state index contributed by atoms with van der Waals surface area (Å²) in [6.07, 6.45) is 2.97. The third kappa shape index (κ3) is 3.32. The molecule has 2 N–H and O–H groups in total. The maximum Gasteiger partial charge on any atom is 0.0666 e. The van der Waals surface area contributed by atoms with Gasteiger partial charge in [0.05, 0.1) is 12.3 Å². The molecular formula is C11H21N3O. The van der Waals surface area contributed by atoms with Crippen LogP contribution in [0.15, 0.2) is 6.20 Å². The fraction of sp³-hybridized carbons (Fsp3) is 0.727. The van der Waals surface area contributed by atoms with Crippen molar-refractivity contribution in [2.75, 3.05) is 6.61 Å². The van der Waals surface area contributed by atoms with Gasteiger partial charge in [-0.1, -0.05) is 6.92 Å². The van der Waals surface area contributed by atoms with Crippen molar-refractivity contribution >= 4 is 0 Å². The number of aryl methyl sites for hydroxylation is 2. The number of rotatable bonds is 5. The normalized spacial score (nSPS) is 12.1. The first-order chi connectivity index (χ1) is 6.98. The van der Waals surface area contributed by atoms with Gasteiger partial charge in [0.25, 0.3) is 0 Å². The zero-order valence-electron chi connectivity index (χ0n) is 10.0. The number of hydrogen-bond donors (Lipinski definition) is 2. The molecule has 0 saturated carbocycles. The van der Waals surface area contributed by atoms with Crippen LogP contribution in [0.1, 0.15) is 32.0 Å². The molecule has 0 atom stereocenters. The fourth-order valence-electron chi connectivity index (χ4n) is 1.42. The zero-order chi connectivity index (χ0) is 11.5. The molecular weight excluding hydrogens is 190 g/mol. The molecule has 0 radical (unpaired) electrons. The second-order valence-corrected chi connectivity index (χ2v) is 4.52. The lowest BCUT2D eigenvalue weighted by Crippen LogP contribution is -2.42. The van der Waals surface area contributed by atoms with E-state index in [9.17, 15) is 0 Å². The molecule has 0 saturated heterocycles. The lowest BCUT2D eigenvalue weighted by molar-refractivity contribution is 0.187. The quantitative estimate of drug-likeness (QED) is 0.759. The van der Waals surface area contributed by atoms with Crippen molar-refractivity contribution in [1.29, 1.82) is 0 Å². The van der Waals surface area contributed by atoms with Gasteiger partial charge < -0.3 is 10.4 Å². The van der Waals surface area contributed by atoms with Crippen LogP contribution >= 0.6 is 0 Å². The molecule has 0 spiro atoms. The van der Waals surface area contributed by atoms with Crippen molar-refractivity contribution < 1.29 is 5.11 Å². The molecule has 0 aliphatic heterocycles. The Hall–Kier alpha value is -0.870. The average Bonchev–Trinajstić information content (AvgIpc) is 2.56. The van der Waals surface area contributed by atoms with Gasteiger partial charge in [-0.3, -0.25) is 4.68 Å². The molecule has 1 aromatic rings. The summed E-state index contributed by atoms with van der Waals surface area (Å²) in [6.45, 7) is 6.95. The largest absolute Gasteiger partial charge is 0.394 e. The minimum absolute atomic E-state index is 0.134. The Morgan fingerprint density at radius 2 is 2.20 bits per heavy atom. The SMILES string of the molecule is CCc1nn(C)cc1CNC(C)(C)CO. The Bertz CT molecular complexity index is 318. The van der Waals surface area contributed by atoms with E-state index in [4.69, 9.17) is 5.11 Å². The van der Waals surface area contributed by atoms with Crippen LogP contribution in [0.4, 0.5) is 0 Å². The molecule has 15 heavy (non-hydrogen) atoms. The second kappa shape index (κ2) is 4.77. The molecule has 4 nitrogen and oxygen atoms in total. The van der Waals surface area contributed by atoms with Crippen LogP contribution in [0.3, 0.4) is 0 Å². The van der Waals surface area contributed by atoms with E-state index in [-0.39, 0.29) is 12.1 Å². The van der Waals surface area contributed by atoms with Crippen LogP contribution in [0.25, 0.3) is 0 Å². The third-order valence-corrected chi connectivity index (χ3v) is 2.48. The Balaban J connectivity index is 2.64. The molecule has 1 rings (SSSR count). The van der Waals surface area contributed by atoms with Crippen molar-refractivity contribution in [3.05, 3.63) is 17.5 Å². The van der Waals surface area contributed by atoms with Crippen molar-refractivity contribution in [2.45, 2.75) is 39.3 Å². The summed E-state index contributed by atoms with van der Waals surface area (Å²) in [5, 5.41) is 16.8. The van der Waals surface area contributed by atoms with Gasteiger partial charge in [-0.2, -0.15) is 5.10 Å². The summed E-state index contributed by atoms with van der Waals surface area (Å²) in [4.78, 5) is 0. The number of aliphatic hydroxyl groups excluding tert-OH is 1. The van der Waals surface area contributed by atoms with Crippen LogP contribution < -0.4 is 5.32 Å². The number of nitrogens with one attached hydrogen (secondary N) is 1. The van der Waals surface area contributed by atoms with E-state index in [0.717, 1.165) is 18.7 Å². The smallest absolute Gasteiger partial charge is 0.0666 e. The topological polar surface area (TPSA) is 50.1 Å². The molecule has 0 aliphatic rings. The lowest BCUT2D eigenvalue weighted by atomic mass is 10.1. The monoisotopic (exact) mass is 211 g/mol. The van der Waals surface area contributed by atoms with Gasteiger partial charge >= 0.3 is 0 Å².